The Labute approximate surface area is 110 Å². The van der Waals surface area contributed by atoms with Gasteiger partial charge in [0.15, 0.2) is 0 Å². The highest BCUT2D eigenvalue weighted by atomic mass is 19.1. The number of aliphatic carboxylic acids is 1. The number of rotatable bonds is 7. The number of carboxylic acids is 1. The first-order valence-electron chi connectivity index (χ1n) is 5.85. The number of halogens is 2. The van der Waals surface area contributed by atoms with Gasteiger partial charge in [0.05, 0.1) is 0 Å². The van der Waals surface area contributed by atoms with Gasteiger partial charge in [0, 0.05) is 26.3 Å². The van der Waals surface area contributed by atoms with Crippen molar-refractivity contribution in [2.45, 2.75) is 18.3 Å². The molecule has 0 aliphatic heterocycles. The number of nitrogens with two attached hydrogens (primary N) is 1. The second kappa shape index (κ2) is 6.58. The Morgan fingerprint density at radius 3 is 2.37 bits per heavy atom. The van der Waals surface area contributed by atoms with E-state index in [1.807, 2.05) is 0 Å². The van der Waals surface area contributed by atoms with Crippen LogP contribution in [-0.4, -0.2) is 31.3 Å². The molecule has 0 aromatic heterocycles. The fourth-order valence-corrected chi connectivity index (χ4v) is 2.03. The molecule has 0 fully saturated rings. The van der Waals surface area contributed by atoms with Crippen LogP contribution in [0.5, 0.6) is 0 Å². The summed E-state index contributed by atoms with van der Waals surface area (Å²) in [5.74, 6) is -2.84. The minimum atomic E-state index is -1.50. The Bertz CT molecular complexity index is 433. The smallest absolute Gasteiger partial charge is 0.315 e. The molecule has 0 saturated heterocycles. The third kappa shape index (κ3) is 3.48. The van der Waals surface area contributed by atoms with Crippen LogP contribution in [0.3, 0.4) is 0 Å². The van der Waals surface area contributed by atoms with E-state index in [0.717, 1.165) is 12.1 Å². The van der Waals surface area contributed by atoms with E-state index < -0.39 is 23.0 Å². The predicted octanol–water partition coefficient (Wildman–Crippen LogP) is 1.67. The van der Waals surface area contributed by atoms with Crippen molar-refractivity contribution in [3.63, 3.8) is 0 Å². The standard InChI is InChI=1S/C13H17F2NO3/c1-19-4-2-3-13(8-16,12(17)18)9-5-10(14)7-11(15)6-9/h5-7H,2-4,8,16H2,1H3,(H,17,18). The third-order valence-corrected chi connectivity index (χ3v) is 3.13. The summed E-state index contributed by atoms with van der Waals surface area (Å²) in [4.78, 5) is 11.5. The minimum absolute atomic E-state index is 0.0381. The molecule has 0 heterocycles. The van der Waals surface area contributed by atoms with E-state index >= 15 is 0 Å². The average Bonchev–Trinajstić information content (AvgIpc) is 2.33. The summed E-state index contributed by atoms with van der Waals surface area (Å²) in [5, 5.41) is 9.39. The van der Waals surface area contributed by atoms with Gasteiger partial charge in [-0.25, -0.2) is 8.78 Å². The van der Waals surface area contributed by atoms with Crippen LogP contribution < -0.4 is 5.73 Å². The molecular weight excluding hydrogens is 256 g/mol. The van der Waals surface area contributed by atoms with Crippen LogP contribution in [0.25, 0.3) is 0 Å². The Morgan fingerprint density at radius 1 is 1.37 bits per heavy atom. The molecule has 0 spiro atoms. The average molecular weight is 273 g/mol. The van der Waals surface area contributed by atoms with E-state index in [0.29, 0.717) is 19.1 Å². The first-order valence-corrected chi connectivity index (χ1v) is 5.85. The maximum absolute atomic E-state index is 13.2. The highest BCUT2D eigenvalue weighted by molar-refractivity contribution is 5.81. The quantitative estimate of drug-likeness (QED) is 0.741. The summed E-state index contributed by atoms with van der Waals surface area (Å²) >= 11 is 0. The largest absolute Gasteiger partial charge is 0.481 e. The van der Waals surface area contributed by atoms with Crippen LogP contribution in [0.2, 0.25) is 0 Å². The van der Waals surface area contributed by atoms with Gasteiger partial charge < -0.3 is 15.6 Å². The van der Waals surface area contributed by atoms with Gasteiger partial charge in [-0.15, -0.1) is 0 Å². The van der Waals surface area contributed by atoms with Crippen molar-refractivity contribution >= 4 is 5.97 Å². The van der Waals surface area contributed by atoms with E-state index in [9.17, 15) is 18.7 Å². The highest BCUT2D eigenvalue weighted by Gasteiger charge is 2.39. The lowest BCUT2D eigenvalue weighted by molar-refractivity contribution is -0.144. The zero-order valence-electron chi connectivity index (χ0n) is 10.7. The number of carboxylic acid groups (broad SMARTS) is 1. The van der Waals surface area contributed by atoms with E-state index in [-0.39, 0.29) is 18.5 Å². The summed E-state index contributed by atoms with van der Waals surface area (Å²) in [7, 11) is 1.49. The second-order valence-corrected chi connectivity index (χ2v) is 4.35. The van der Waals surface area contributed by atoms with Gasteiger partial charge in [-0.05, 0) is 30.5 Å². The first-order chi connectivity index (χ1) is 8.96. The number of ether oxygens (including phenoxy) is 1. The highest BCUT2D eigenvalue weighted by Crippen LogP contribution is 2.30. The second-order valence-electron chi connectivity index (χ2n) is 4.35. The molecule has 1 rings (SSSR count). The predicted molar refractivity (Wildman–Crippen MR) is 65.8 cm³/mol. The third-order valence-electron chi connectivity index (χ3n) is 3.13. The molecule has 0 saturated carbocycles. The van der Waals surface area contributed by atoms with Crippen LogP contribution in [0.4, 0.5) is 8.78 Å². The van der Waals surface area contributed by atoms with E-state index in [1.54, 1.807) is 0 Å². The Kier molecular flexibility index (Phi) is 5.38. The molecule has 1 atom stereocenters. The van der Waals surface area contributed by atoms with Crippen molar-refractivity contribution in [3.8, 4) is 0 Å². The molecule has 0 aliphatic carbocycles. The van der Waals surface area contributed by atoms with Crippen molar-refractivity contribution in [3.05, 3.63) is 35.4 Å². The van der Waals surface area contributed by atoms with Crippen molar-refractivity contribution in [1.29, 1.82) is 0 Å². The van der Waals surface area contributed by atoms with Crippen LogP contribution in [-0.2, 0) is 14.9 Å². The summed E-state index contributed by atoms with van der Waals surface area (Å²) in [6.45, 7) is 0.113. The number of benzene rings is 1. The first kappa shape index (κ1) is 15.5. The number of hydrogen-bond donors (Lipinski definition) is 2. The zero-order chi connectivity index (χ0) is 14.5. The molecule has 0 bridgehead atoms. The van der Waals surface area contributed by atoms with Gasteiger partial charge in [0.2, 0.25) is 0 Å². The molecular formula is C13H17F2NO3. The molecule has 19 heavy (non-hydrogen) atoms. The summed E-state index contributed by atoms with van der Waals surface area (Å²) < 4.78 is 31.4. The molecule has 1 aromatic rings. The van der Waals surface area contributed by atoms with Crippen molar-refractivity contribution < 1.29 is 23.4 Å². The fraction of sp³-hybridized carbons (Fsp3) is 0.462. The zero-order valence-corrected chi connectivity index (χ0v) is 10.7. The molecule has 0 amide bonds. The van der Waals surface area contributed by atoms with Crippen LogP contribution in [0, 0.1) is 11.6 Å². The van der Waals surface area contributed by atoms with E-state index in [1.165, 1.54) is 7.11 Å². The van der Waals surface area contributed by atoms with E-state index in [4.69, 9.17) is 10.5 Å². The SMILES string of the molecule is COCCCC(CN)(C(=O)O)c1cc(F)cc(F)c1. The number of carbonyl (C=O) groups is 1. The summed E-state index contributed by atoms with van der Waals surface area (Å²) in [6, 6.07) is 2.72. The monoisotopic (exact) mass is 273 g/mol. The van der Waals surface area contributed by atoms with Gasteiger partial charge in [-0.1, -0.05) is 0 Å². The fourth-order valence-electron chi connectivity index (χ4n) is 2.03. The van der Waals surface area contributed by atoms with Gasteiger partial charge in [-0.2, -0.15) is 0 Å². The summed E-state index contributed by atoms with van der Waals surface area (Å²) in [5.41, 5.74) is 4.10. The summed E-state index contributed by atoms with van der Waals surface area (Å²) in [6.07, 6.45) is 0.577. The maximum Gasteiger partial charge on any atom is 0.315 e. The Morgan fingerprint density at radius 2 is 1.95 bits per heavy atom. The molecule has 3 N–H and O–H groups in total. The number of hydrogen-bond acceptors (Lipinski definition) is 3. The van der Waals surface area contributed by atoms with Crippen molar-refractivity contribution in [2.24, 2.45) is 5.73 Å². The van der Waals surface area contributed by atoms with Crippen LogP contribution in [0.1, 0.15) is 18.4 Å². The molecule has 0 aliphatic rings. The lowest BCUT2D eigenvalue weighted by Gasteiger charge is -2.28. The van der Waals surface area contributed by atoms with Crippen molar-refractivity contribution in [2.75, 3.05) is 20.3 Å². The van der Waals surface area contributed by atoms with Gasteiger partial charge in [0.25, 0.3) is 0 Å². The maximum atomic E-state index is 13.2. The lowest BCUT2D eigenvalue weighted by atomic mass is 9.76. The molecule has 106 valence electrons. The van der Waals surface area contributed by atoms with Crippen LogP contribution >= 0.6 is 0 Å². The van der Waals surface area contributed by atoms with Crippen LogP contribution in [0.15, 0.2) is 18.2 Å². The molecule has 4 nitrogen and oxygen atoms in total. The normalized spacial score (nSPS) is 14.1. The Balaban J connectivity index is 3.17. The molecule has 0 radical (unpaired) electrons. The lowest BCUT2D eigenvalue weighted by Crippen LogP contribution is -2.43. The topological polar surface area (TPSA) is 72.5 Å². The number of methoxy groups -OCH3 is 1. The molecule has 6 heteroatoms. The van der Waals surface area contributed by atoms with Gasteiger partial charge in [0.1, 0.15) is 17.0 Å². The minimum Gasteiger partial charge on any atom is -0.481 e. The van der Waals surface area contributed by atoms with E-state index in [2.05, 4.69) is 0 Å². The Hall–Kier alpha value is -1.53. The van der Waals surface area contributed by atoms with Gasteiger partial charge in [-0.3, -0.25) is 4.79 Å². The van der Waals surface area contributed by atoms with Crippen molar-refractivity contribution in [1.82, 2.24) is 0 Å². The van der Waals surface area contributed by atoms with Gasteiger partial charge >= 0.3 is 5.97 Å². The molecule has 1 unspecified atom stereocenters. The molecule has 1 aromatic carbocycles.